The van der Waals surface area contributed by atoms with Crippen LogP contribution in [0.4, 0.5) is 18.9 Å². The van der Waals surface area contributed by atoms with E-state index in [9.17, 15) is 14.0 Å². The van der Waals surface area contributed by atoms with Gasteiger partial charge in [-0.15, -0.1) is 0 Å². The predicted octanol–water partition coefficient (Wildman–Crippen LogP) is 5.34. The first-order valence-electron chi connectivity index (χ1n) is 10.9. The number of amides is 1. The molecule has 0 unspecified atom stereocenters. The normalized spacial score (nSPS) is 19.9. The summed E-state index contributed by atoms with van der Waals surface area (Å²) in [4.78, 5) is 30.5. The van der Waals surface area contributed by atoms with Crippen LogP contribution in [-0.4, -0.2) is 33.4 Å². The van der Waals surface area contributed by atoms with Crippen LogP contribution in [0, 0.1) is 11.6 Å². The first kappa shape index (κ1) is 23.7. The summed E-state index contributed by atoms with van der Waals surface area (Å²) in [5, 5.41) is 3.12. The molecule has 1 atom stereocenters. The molecule has 3 aromatic rings. The number of halogens is 5. The van der Waals surface area contributed by atoms with E-state index in [1.165, 1.54) is 23.0 Å². The standard InChI is InChI=1S/C24H19Cl2F3N4O2/c1-12(27)22(34)32-7-6-24(10-32,19-17(28)5-4-16(25)20(19)26)31-13-8-15-21(18(29)9-13)30-11-33(23(15)35)14-2-3-14/h4-5,8-9,11,14,31H,1-3,6-7,10H2/t24-/m0/s1. The van der Waals surface area contributed by atoms with Crippen molar-refractivity contribution in [3.05, 3.63) is 80.6 Å². The molecule has 2 heterocycles. The number of aromatic nitrogens is 2. The number of hydrogen-bond acceptors (Lipinski definition) is 4. The lowest BCUT2D eigenvalue weighted by molar-refractivity contribution is -0.127. The number of rotatable bonds is 5. The van der Waals surface area contributed by atoms with Gasteiger partial charge >= 0.3 is 0 Å². The molecule has 5 rings (SSSR count). The lowest BCUT2D eigenvalue weighted by Gasteiger charge is -2.33. The minimum Gasteiger partial charge on any atom is -0.373 e. The lowest BCUT2D eigenvalue weighted by Crippen LogP contribution is -2.41. The number of carbonyl (C=O) groups excluding carboxylic acids is 1. The van der Waals surface area contributed by atoms with Gasteiger partial charge in [0.15, 0.2) is 11.6 Å². The van der Waals surface area contributed by atoms with Crippen molar-refractivity contribution >= 4 is 45.7 Å². The van der Waals surface area contributed by atoms with Gasteiger partial charge in [0.25, 0.3) is 11.5 Å². The summed E-state index contributed by atoms with van der Waals surface area (Å²) < 4.78 is 45.2. The second kappa shape index (κ2) is 8.57. The number of benzene rings is 2. The van der Waals surface area contributed by atoms with Gasteiger partial charge in [0.2, 0.25) is 0 Å². The molecule has 1 amide bonds. The van der Waals surface area contributed by atoms with Crippen LogP contribution in [0.1, 0.15) is 30.9 Å². The number of fused-ring (bicyclic) bond motifs is 1. The van der Waals surface area contributed by atoms with Crippen LogP contribution in [0.3, 0.4) is 0 Å². The summed E-state index contributed by atoms with van der Waals surface area (Å²) in [5.74, 6) is -3.57. The van der Waals surface area contributed by atoms with E-state index < -0.39 is 34.5 Å². The Hall–Kier alpha value is -3.04. The van der Waals surface area contributed by atoms with Gasteiger partial charge in [-0.05, 0) is 43.5 Å². The number of carbonyl (C=O) groups is 1. The number of hydrogen-bond donors (Lipinski definition) is 1. The Morgan fingerprint density at radius 2 is 1.94 bits per heavy atom. The van der Waals surface area contributed by atoms with Crippen LogP contribution in [-0.2, 0) is 10.3 Å². The minimum atomic E-state index is -1.39. The van der Waals surface area contributed by atoms with Crippen LogP contribution >= 0.6 is 23.2 Å². The largest absolute Gasteiger partial charge is 0.373 e. The maximum Gasteiger partial charge on any atom is 0.282 e. The van der Waals surface area contributed by atoms with Gasteiger partial charge in [-0.25, -0.2) is 18.2 Å². The van der Waals surface area contributed by atoms with Gasteiger partial charge in [-0.1, -0.05) is 29.8 Å². The van der Waals surface area contributed by atoms with Gasteiger partial charge in [-0.3, -0.25) is 14.2 Å². The van der Waals surface area contributed by atoms with Crippen LogP contribution in [0.2, 0.25) is 10.0 Å². The molecule has 2 aromatic carbocycles. The average Bonchev–Trinajstić information content (AvgIpc) is 3.57. The van der Waals surface area contributed by atoms with Crippen molar-refractivity contribution in [3.63, 3.8) is 0 Å². The second-order valence-electron chi connectivity index (χ2n) is 8.85. The number of anilines is 1. The Labute approximate surface area is 208 Å². The van der Waals surface area contributed by atoms with Crippen LogP contribution in [0.5, 0.6) is 0 Å². The molecule has 6 nitrogen and oxygen atoms in total. The third kappa shape index (κ3) is 4.06. The highest BCUT2D eigenvalue weighted by Gasteiger charge is 2.45. The third-order valence-electron chi connectivity index (χ3n) is 6.47. The second-order valence-corrected chi connectivity index (χ2v) is 9.63. The summed E-state index contributed by atoms with van der Waals surface area (Å²) in [6.45, 7) is 2.88. The summed E-state index contributed by atoms with van der Waals surface area (Å²) in [6, 6.07) is 5.02. The fraction of sp³-hybridized carbons (Fsp3) is 0.292. The zero-order chi connectivity index (χ0) is 25.1. The summed E-state index contributed by atoms with van der Waals surface area (Å²) >= 11 is 12.6. The number of nitrogens with one attached hydrogen (secondary N) is 1. The number of nitrogens with zero attached hydrogens (tertiary/aromatic N) is 3. The van der Waals surface area contributed by atoms with Crippen LogP contribution in [0.15, 0.2) is 47.8 Å². The molecule has 0 spiro atoms. The maximum absolute atomic E-state index is 15.1. The molecule has 2 aliphatic rings. The van der Waals surface area contributed by atoms with Gasteiger partial charge in [0, 0.05) is 30.4 Å². The van der Waals surface area contributed by atoms with Crippen LogP contribution < -0.4 is 10.9 Å². The molecule has 35 heavy (non-hydrogen) atoms. The summed E-state index contributed by atoms with van der Waals surface area (Å²) in [6.07, 6.45) is 3.12. The van der Waals surface area contributed by atoms with E-state index in [1.807, 2.05) is 0 Å². The zero-order valence-electron chi connectivity index (χ0n) is 18.3. The highest BCUT2D eigenvalue weighted by atomic mass is 35.5. The Morgan fingerprint density at radius 3 is 2.63 bits per heavy atom. The molecule has 11 heteroatoms. The maximum atomic E-state index is 15.1. The van der Waals surface area contributed by atoms with E-state index in [2.05, 4.69) is 16.9 Å². The SMILES string of the molecule is C=C(F)C(=O)N1CC[C@@](Nc2cc(F)c3ncn(C4CC4)c(=O)c3c2)(c2c(F)ccc(Cl)c2Cl)C1. The van der Waals surface area contributed by atoms with Gasteiger partial charge in [0.05, 0.1) is 27.3 Å². The molecular formula is C24H19Cl2F3N4O2. The molecule has 1 saturated carbocycles. The Balaban J connectivity index is 1.64. The molecule has 1 aromatic heterocycles. The van der Waals surface area contributed by atoms with E-state index in [0.29, 0.717) is 0 Å². The van der Waals surface area contributed by atoms with E-state index in [-0.39, 0.29) is 57.8 Å². The van der Waals surface area contributed by atoms with Crippen molar-refractivity contribution in [2.75, 3.05) is 18.4 Å². The average molecular weight is 523 g/mol. The summed E-state index contributed by atoms with van der Waals surface area (Å²) in [7, 11) is 0. The number of likely N-dealkylation sites (tertiary alicyclic amines) is 1. The van der Waals surface area contributed by atoms with E-state index in [4.69, 9.17) is 23.2 Å². The molecule has 1 aliphatic carbocycles. The molecule has 1 saturated heterocycles. The van der Waals surface area contributed by atoms with Crippen molar-refractivity contribution in [3.8, 4) is 0 Å². The Bertz CT molecular complexity index is 1460. The van der Waals surface area contributed by atoms with Crippen molar-refractivity contribution in [2.24, 2.45) is 0 Å². The first-order chi connectivity index (χ1) is 16.6. The molecule has 182 valence electrons. The van der Waals surface area contributed by atoms with E-state index in [0.717, 1.165) is 29.9 Å². The molecular weight excluding hydrogens is 504 g/mol. The van der Waals surface area contributed by atoms with Gasteiger partial charge in [0.1, 0.15) is 11.3 Å². The fourth-order valence-corrected chi connectivity index (χ4v) is 5.15. The first-order valence-corrected chi connectivity index (χ1v) is 11.6. The van der Waals surface area contributed by atoms with Crippen molar-refractivity contribution in [1.82, 2.24) is 14.5 Å². The molecule has 0 bridgehead atoms. The quantitative estimate of drug-likeness (QED) is 0.362. The molecule has 0 radical (unpaired) electrons. The minimum absolute atomic E-state index is 0.0352. The zero-order valence-corrected chi connectivity index (χ0v) is 19.8. The summed E-state index contributed by atoms with van der Waals surface area (Å²) in [5.41, 5.74) is -1.78. The fourth-order valence-electron chi connectivity index (χ4n) is 4.66. The molecule has 2 fully saturated rings. The van der Waals surface area contributed by atoms with E-state index in [1.54, 1.807) is 0 Å². The monoisotopic (exact) mass is 522 g/mol. The third-order valence-corrected chi connectivity index (χ3v) is 7.28. The molecule has 1 aliphatic heterocycles. The van der Waals surface area contributed by atoms with Gasteiger partial charge in [-0.2, -0.15) is 0 Å². The van der Waals surface area contributed by atoms with Crippen molar-refractivity contribution < 1.29 is 18.0 Å². The Morgan fingerprint density at radius 1 is 1.20 bits per heavy atom. The lowest BCUT2D eigenvalue weighted by atomic mass is 9.87. The van der Waals surface area contributed by atoms with Gasteiger partial charge < -0.3 is 10.2 Å². The topological polar surface area (TPSA) is 67.2 Å². The highest BCUT2D eigenvalue weighted by molar-refractivity contribution is 6.42. The highest BCUT2D eigenvalue weighted by Crippen LogP contribution is 2.43. The van der Waals surface area contributed by atoms with Crippen LogP contribution in [0.25, 0.3) is 10.9 Å². The molecule has 1 N–H and O–H groups in total. The smallest absolute Gasteiger partial charge is 0.282 e. The van der Waals surface area contributed by atoms with Crippen molar-refractivity contribution in [1.29, 1.82) is 0 Å². The Kier molecular flexibility index (Phi) is 5.80. The predicted molar refractivity (Wildman–Crippen MR) is 127 cm³/mol. The van der Waals surface area contributed by atoms with E-state index >= 15 is 8.78 Å². The van der Waals surface area contributed by atoms with Crippen molar-refractivity contribution in [2.45, 2.75) is 30.8 Å².